The van der Waals surface area contributed by atoms with Crippen molar-refractivity contribution in [2.24, 2.45) is 0 Å². The monoisotopic (exact) mass is 244 g/mol. The average Bonchev–Trinajstić information content (AvgIpc) is 2.41. The van der Waals surface area contributed by atoms with Gasteiger partial charge in [-0.15, -0.1) is 0 Å². The molecule has 0 saturated carbocycles. The summed E-state index contributed by atoms with van der Waals surface area (Å²) in [5, 5.41) is 3.02. The van der Waals surface area contributed by atoms with Crippen LogP contribution in [0.2, 0.25) is 0 Å². The maximum absolute atomic E-state index is 5.78. The molecule has 0 amide bonds. The Morgan fingerprint density at radius 3 is 2.67 bits per heavy atom. The van der Waals surface area contributed by atoms with E-state index in [1.165, 1.54) is 0 Å². The number of aromatic nitrogens is 1. The van der Waals surface area contributed by atoms with E-state index < -0.39 is 0 Å². The van der Waals surface area contributed by atoms with E-state index in [-0.39, 0.29) is 0 Å². The first-order valence-corrected chi connectivity index (χ1v) is 5.86. The second-order valence-corrected chi connectivity index (χ2v) is 3.64. The van der Waals surface area contributed by atoms with E-state index in [0.717, 1.165) is 11.4 Å². The van der Waals surface area contributed by atoms with Crippen molar-refractivity contribution in [3.8, 4) is 17.2 Å². The summed E-state index contributed by atoms with van der Waals surface area (Å²) >= 11 is 0. The van der Waals surface area contributed by atoms with Crippen molar-refractivity contribution in [3.63, 3.8) is 0 Å². The van der Waals surface area contributed by atoms with Gasteiger partial charge in [0.2, 0.25) is 0 Å². The summed E-state index contributed by atoms with van der Waals surface area (Å²) in [6, 6.07) is 9.47. The zero-order chi connectivity index (χ0) is 12.8. The minimum absolute atomic E-state index is 0.606. The predicted octanol–water partition coefficient (Wildman–Crippen LogP) is 3.31. The maximum Gasteiger partial charge on any atom is 0.169 e. The van der Waals surface area contributed by atoms with Crippen molar-refractivity contribution in [1.29, 1.82) is 0 Å². The van der Waals surface area contributed by atoms with Crippen molar-refractivity contribution in [3.05, 3.63) is 42.7 Å². The van der Waals surface area contributed by atoms with Gasteiger partial charge in [-0.2, -0.15) is 0 Å². The van der Waals surface area contributed by atoms with Gasteiger partial charge in [-0.25, -0.2) is 0 Å². The Bertz CT molecular complexity index is 515. The van der Waals surface area contributed by atoms with Gasteiger partial charge in [-0.1, -0.05) is 12.1 Å². The Balaban J connectivity index is 2.22. The Kier molecular flexibility index (Phi) is 4.02. The van der Waals surface area contributed by atoms with Crippen LogP contribution in [0.3, 0.4) is 0 Å². The van der Waals surface area contributed by atoms with E-state index in [1.54, 1.807) is 12.4 Å². The van der Waals surface area contributed by atoms with Crippen LogP contribution < -0.4 is 14.8 Å². The van der Waals surface area contributed by atoms with Crippen molar-refractivity contribution in [2.45, 2.75) is 6.92 Å². The fourth-order valence-corrected chi connectivity index (χ4v) is 1.55. The Labute approximate surface area is 107 Å². The van der Waals surface area contributed by atoms with Gasteiger partial charge >= 0.3 is 0 Å². The van der Waals surface area contributed by atoms with E-state index >= 15 is 0 Å². The largest absolute Gasteiger partial charge is 0.490 e. The van der Waals surface area contributed by atoms with Crippen LogP contribution in [0.5, 0.6) is 17.2 Å². The second-order valence-electron chi connectivity index (χ2n) is 3.64. The number of hydrogen-bond acceptors (Lipinski definition) is 4. The molecule has 0 aliphatic heterocycles. The molecule has 0 unspecified atom stereocenters. The summed E-state index contributed by atoms with van der Waals surface area (Å²) in [6.07, 6.45) is 3.41. The van der Waals surface area contributed by atoms with Crippen LogP contribution >= 0.6 is 0 Å². The topological polar surface area (TPSA) is 43.4 Å². The minimum Gasteiger partial charge on any atom is -0.490 e. The third-order valence-corrected chi connectivity index (χ3v) is 2.38. The molecule has 2 rings (SSSR count). The minimum atomic E-state index is 0.606. The van der Waals surface area contributed by atoms with E-state index in [2.05, 4.69) is 10.3 Å². The van der Waals surface area contributed by atoms with Gasteiger partial charge in [-0.3, -0.25) is 4.98 Å². The lowest BCUT2D eigenvalue weighted by Gasteiger charge is -2.11. The Morgan fingerprint density at radius 2 is 1.94 bits per heavy atom. The molecule has 18 heavy (non-hydrogen) atoms. The lowest BCUT2D eigenvalue weighted by molar-refractivity contribution is 0.321. The third-order valence-electron chi connectivity index (χ3n) is 2.38. The van der Waals surface area contributed by atoms with Gasteiger partial charge < -0.3 is 14.8 Å². The summed E-state index contributed by atoms with van der Waals surface area (Å²) in [6.45, 7) is 2.55. The molecule has 2 aromatic rings. The lowest BCUT2D eigenvalue weighted by Crippen LogP contribution is -1.95. The molecule has 94 valence electrons. The van der Waals surface area contributed by atoms with Crippen molar-refractivity contribution < 1.29 is 9.47 Å². The zero-order valence-corrected chi connectivity index (χ0v) is 10.5. The van der Waals surface area contributed by atoms with E-state index in [0.29, 0.717) is 18.1 Å². The van der Waals surface area contributed by atoms with E-state index in [4.69, 9.17) is 9.47 Å². The zero-order valence-electron chi connectivity index (χ0n) is 10.5. The summed E-state index contributed by atoms with van der Waals surface area (Å²) in [7, 11) is 1.84. The van der Waals surface area contributed by atoms with E-state index in [9.17, 15) is 0 Å². The van der Waals surface area contributed by atoms with Crippen molar-refractivity contribution in [2.75, 3.05) is 19.0 Å². The quantitative estimate of drug-likeness (QED) is 0.876. The fourth-order valence-electron chi connectivity index (χ4n) is 1.55. The Morgan fingerprint density at radius 1 is 1.17 bits per heavy atom. The third kappa shape index (κ3) is 2.91. The first-order valence-electron chi connectivity index (χ1n) is 5.86. The smallest absolute Gasteiger partial charge is 0.169 e. The molecule has 0 aliphatic rings. The number of rotatable bonds is 5. The molecule has 1 heterocycles. The fraction of sp³-hybridized carbons (Fsp3) is 0.214. The molecule has 0 saturated heterocycles. The molecule has 0 fully saturated rings. The average molecular weight is 244 g/mol. The molecular weight excluding hydrogens is 228 g/mol. The Hall–Kier alpha value is -2.23. The van der Waals surface area contributed by atoms with Gasteiger partial charge in [0.05, 0.1) is 24.7 Å². The standard InChI is InChI=1S/C14H16N2O2/c1-3-17-13-6-4-5-7-14(13)18-12-8-11(15-2)9-16-10-12/h4-10,15H,3H2,1-2H3. The number of anilines is 1. The number of benzene rings is 1. The molecule has 4 nitrogen and oxygen atoms in total. The predicted molar refractivity (Wildman–Crippen MR) is 71.5 cm³/mol. The number of nitrogens with zero attached hydrogens (tertiary/aromatic N) is 1. The molecule has 0 spiro atoms. The highest BCUT2D eigenvalue weighted by Crippen LogP contribution is 2.31. The van der Waals surface area contributed by atoms with Gasteiger partial charge in [0, 0.05) is 13.1 Å². The molecule has 0 atom stereocenters. The summed E-state index contributed by atoms with van der Waals surface area (Å²) in [4.78, 5) is 4.10. The second kappa shape index (κ2) is 5.91. The van der Waals surface area contributed by atoms with Crippen LogP contribution in [-0.4, -0.2) is 18.6 Å². The number of hydrogen-bond donors (Lipinski definition) is 1. The van der Waals surface area contributed by atoms with Crippen LogP contribution in [0.4, 0.5) is 5.69 Å². The van der Waals surface area contributed by atoms with Crippen LogP contribution in [0, 0.1) is 0 Å². The van der Waals surface area contributed by atoms with Gasteiger partial charge in [0.1, 0.15) is 5.75 Å². The molecule has 1 aromatic heterocycles. The number of ether oxygens (including phenoxy) is 2. The molecular formula is C14H16N2O2. The highest BCUT2D eigenvalue weighted by Gasteiger charge is 2.05. The first kappa shape index (κ1) is 12.2. The normalized spacial score (nSPS) is 9.89. The van der Waals surface area contributed by atoms with Crippen LogP contribution in [0.15, 0.2) is 42.7 Å². The van der Waals surface area contributed by atoms with Gasteiger partial charge in [-0.05, 0) is 19.1 Å². The molecule has 1 N–H and O–H groups in total. The van der Waals surface area contributed by atoms with Crippen LogP contribution in [-0.2, 0) is 0 Å². The van der Waals surface area contributed by atoms with Crippen molar-refractivity contribution in [1.82, 2.24) is 4.98 Å². The van der Waals surface area contributed by atoms with Gasteiger partial charge in [0.15, 0.2) is 11.5 Å². The van der Waals surface area contributed by atoms with Gasteiger partial charge in [0.25, 0.3) is 0 Å². The molecule has 1 aromatic carbocycles. The molecule has 0 bridgehead atoms. The number of pyridine rings is 1. The summed E-state index contributed by atoms with van der Waals surface area (Å²) in [5.74, 6) is 2.10. The maximum atomic E-state index is 5.78. The first-order chi connectivity index (χ1) is 8.83. The number of para-hydroxylation sites is 2. The molecule has 0 radical (unpaired) electrons. The summed E-state index contributed by atoms with van der Waals surface area (Å²) in [5.41, 5.74) is 0.904. The summed E-state index contributed by atoms with van der Waals surface area (Å²) < 4.78 is 11.3. The highest BCUT2D eigenvalue weighted by atomic mass is 16.5. The van der Waals surface area contributed by atoms with Crippen LogP contribution in [0.1, 0.15) is 6.92 Å². The molecule has 4 heteroatoms. The highest BCUT2D eigenvalue weighted by molar-refractivity contribution is 5.47. The lowest BCUT2D eigenvalue weighted by atomic mass is 10.3. The molecule has 0 aliphatic carbocycles. The van der Waals surface area contributed by atoms with Crippen LogP contribution in [0.25, 0.3) is 0 Å². The SMILES string of the molecule is CCOc1ccccc1Oc1cncc(NC)c1. The van der Waals surface area contributed by atoms with E-state index in [1.807, 2.05) is 44.3 Å². The van der Waals surface area contributed by atoms with Crippen molar-refractivity contribution >= 4 is 5.69 Å². The number of nitrogens with one attached hydrogen (secondary N) is 1.